The summed E-state index contributed by atoms with van der Waals surface area (Å²) in [5, 5.41) is 2.18. The first-order valence-corrected chi connectivity index (χ1v) is 1.67. The Labute approximate surface area is 37.1 Å². The van der Waals surface area contributed by atoms with Crippen molar-refractivity contribution in [3.8, 4) is 11.3 Å². The van der Waals surface area contributed by atoms with E-state index in [0.29, 0.717) is 6.42 Å². The molecule has 0 unspecified atom stereocenters. The van der Waals surface area contributed by atoms with Gasteiger partial charge in [-0.15, -0.1) is 0 Å². The first-order chi connectivity index (χ1) is 2.41. The van der Waals surface area contributed by atoms with Crippen molar-refractivity contribution < 1.29 is 0 Å². The largest absolute Gasteiger partial charge is 0.0859 e. The summed E-state index contributed by atoms with van der Waals surface area (Å²) >= 11 is 4.90. The van der Waals surface area contributed by atoms with Gasteiger partial charge in [0.1, 0.15) is 0 Å². The zero-order valence-electron chi connectivity index (χ0n) is 2.79. The first-order valence-electron chi connectivity index (χ1n) is 1.29. The van der Waals surface area contributed by atoms with Crippen molar-refractivity contribution in [1.82, 2.24) is 0 Å². The lowest BCUT2D eigenvalue weighted by molar-refractivity contribution is 1.49. The van der Waals surface area contributed by atoms with E-state index in [1.807, 2.05) is 0 Å². The van der Waals surface area contributed by atoms with Crippen molar-refractivity contribution in [1.29, 1.82) is 0 Å². The second-order valence-corrected chi connectivity index (χ2v) is 0.710. The van der Waals surface area contributed by atoms with Crippen LogP contribution in [0.4, 0.5) is 0 Å². The fraction of sp³-hybridized carbons (Fsp3) is 0.250. The van der Waals surface area contributed by atoms with Crippen molar-refractivity contribution in [3.05, 3.63) is 6.92 Å². The zero-order chi connectivity index (χ0) is 4.12. The van der Waals surface area contributed by atoms with Gasteiger partial charge in [0.15, 0.2) is 0 Å². The first kappa shape index (κ1) is 4.85. The molecule has 0 fully saturated rings. The van der Waals surface area contributed by atoms with Crippen molar-refractivity contribution in [2.75, 3.05) is 0 Å². The lowest BCUT2D eigenvalue weighted by Crippen LogP contribution is -1.43. The van der Waals surface area contributed by atoms with Crippen LogP contribution in [0, 0.1) is 18.2 Å². The molecule has 0 saturated heterocycles. The maximum atomic E-state index is 4.90. The molecule has 0 nitrogen and oxygen atoms in total. The Kier molecular flexibility index (Phi) is 3.73. The van der Waals surface area contributed by atoms with Gasteiger partial charge in [-0.1, -0.05) is 5.92 Å². The average molecular weight is 87.5 g/mol. The van der Waals surface area contributed by atoms with Crippen LogP contribution < -0.4 is 0 Å². The SMILES string of the molecule is [CH2]CC#CCl. The highest BCUT2D eigenvalue weighted by Crippen LogP contribution is 1.66. The van der Waals surface area contributed by atoms with Crippen LogP contribution in [-0.2, 0) is 0 Å². The average Bonchev–Trinajstić information content (AvgIpc) is 1.41. The molecule has 0 aromatic heterocycles. The van der Waals surface area contributed by atoms with Crippen molar-refractivity contribution in [3.63, 3.8) is 0 Å². The molecule has 0 N–H and O–H groups in total. The highest BCUT2D eigenvalue weighted by Gasteiger charge is 1.50. The monoisotopic (exact) mass is 87.0 g/mol. The molecule has 0 aliphatic heterocycles. The lowest BCUT2D eigenvalue weighted by atomic mass is 10.5. The van der Waals surface area contributed by atoms with Gasteiger partial charge in [-0.25, -0.2) is 0 Å². The molecule has 0 rings (SSSR count). The number of rotatable bonds is 0. The summed E-state index contributed by atoms with van der Waals surface area (Å²) in [7, 11) is 0. The number of hydrogen-bond donors (Lipinski definition) is 0. The van der Waals surface area contributed by atoms with Crippen LogP contribution in [0.5, 0.6) is 0 Å². The summed E-state index contributed by atoms with van der Waals surface area (Å²) in [5.41, 5.74) is 0. The summed E-state index contributed by atoms with van der Waals surface area (Å²) in [6.45, 7) is 3.42. The van der Waals surface area contributed by atoms with Crippen molar-refractivity contribution >= 4 is 11.6 Å². The summed E-state index contributed by atoms with van der Waals surface area (Å²) in [6.07, 6.45) is 0.601. The summed E-state index contributed by atoms with van der Waals surface area (Å²) in [6, 6.07) is 0. The molecule has 1 heteroatoms. The van der Waals surface area contributed by atoms with Crippen molar-refractivity contribution in [2.45, 2.75) is 6.42 Å². The van der Waals surface area contributed by atoms with E-state index in [-0.39, 0.29) is 0 Å². The Morgan fingerprint density at radius 3 is 2.40 bits per heavy atom. The van der Waals surface area contributed by atoms with Crippen LogP contribution in [0.25, 0.3) is 0 Å². The maximum absolute atomic E-state index is 4.90. The summed E-state index contributed by atoms with van der Waals surface area (Å²) in [5.74, 6) is 2.52. The fourth-order valence-electron chi connectivity index (χ4n) is 0.0472. The third-order valence-electron chi connectivity index (χ3n) is 0.192. The highest BCUT2D eigenvalue weighted by atomic mass is 35.5. The molecule has 0 aromatic carbocycles. The van der Waals surface area contributed by atoms with Crippen LogP contribution in [-0.4, -0.2) is 0 Å². The standard InChI is InChI=1S/C4H4Cl/c1-2-3-4-5/h1-2H2. The van der Waals surface area contributed by atoms with Crippen LogP contribution in [0.2, 0.25) is 0 Å². The van der Waals surface area contributed by atoms with Crippen molar-refractivity contribution in [2.24, 2.45) is 0 Å². The molecule has 5 heavy (non-hydrogen) atoms. The summed E-state index contributed by atoms with van der Waals surface area (Å²) in [4.78, 5) is 0. The molecule has 0 amide bonds. The Hall–Kier alpha value is -0.150. The van der Waals surface area contributed by atoms with Gasteiger partial charge >= 0.3 is 0 Å². The van der Waals surface area contributed by atoms with Gasteiger partial charge in [-0.3, -0.25) is 0 Å². The predicted molar refractivity (Wildman–Crippen MR) is 23.6 cm³/mol. The van der Waals surface area contributed by atoms with Gasteiger partial charge in [0.05, 0.1) is 0 Å². The van der Waals surface area contributed by atoms with E-state index in [0.717, 1.165) is 0 Å². The van der Waals surface area contributed by atoms with Gasteiger partial charge in [0.25, 0.3) is 0 Å². The van der Waals surface area contributed by atoms with Crippen LogP contribution >= 0.6 is 11.6 Å². The second kappa shape index (κ2) is 3.85. The molecule has 0 bridgehead atoms. The summed E-state index contributed by atoms with van der Waals surface area (Å²) < 4.78 is 0. The molecule has 0 saturated carbocycles. The number of hydrogen-bond acceptors (Lipinski definition) is 0. The molecular weight excluding hydrogens is 83.5 g/mol. The minimum absolute atomic E-state index is 0.601. The van der Waals surface area contributed by atoms with Crippen LogP contribution in [0.15, 0.2) is 0 Å². The topological polar surface area (TPSA) is 0 Å². The second-order valence-electron chi connectivity index (χ2n) is 0.521. The predicted octanol–water partition coefficient (Wildman–Crippen LogP) is 1.41. The van der Waals surface area contributed by atoms with E-state index in [2.05, 4.69) is 18.2 Å². The van der Waals surface area contributed by atoms with E-state index in [1.54, 1.807) is 0 Å². The number of halogens is 1. The Bertz CT molecular complexity index is 55.8. The molecule has 0 atom stereocenters. The van der Waals surface area contributed by atoms with Gasteiger partial charge < -0.3 is 0 Å². The Morgan fingerprint density at radius 2 is 2.40 bits per heavy atom. The van der Waals surface area contributed by atoms with Crippen LogP contribution in [0.3, 0.4) is 0 Å². The third-order valence-corrected chi connectivity index (χ3v) is 0.325. The van der Waals surface area contributed by atoms with Gasteiger partial charge in [0.2, 0.25) is 0 Å². The normalized spacial score (nSPS) is 5.20. The Balaban J connectivity index is 2.81. The zero-order valence-corrected chi connectivity index (χ0v) is 3.55. The molecule has 1 radical (unpaired) electrons. The molecule has 0 spiro atoms. The van der Waals surface area contributed by atoms with E-state index >= 15 is 0 Å². The Morgan fingerprint density at radius 1 is 1.80 bits per heavy atom. The lowest BCUT2D eigenvalue weighted by Gasteiger charge is -1.56. The molecule has 0 aliphatic carbocycles. The van der Waals surface area contributed by atoms with E-state index in [4.69, 9.17) is 11.6 Å². The maximum Gasteiger partial charge on any atom is 0.0102 e. The molecule has 27 valence electrons. The molecule has 0 aliphatic rings. The minimum Gasteiger partial charge on any atom is -0.0859 e. The fourth-order valence-corrected chi connectivity index (χ4v) is 0.142. The van der Waals surface area contributed by atoms with Gasteiger partial charge in [-0.05, 0) is 18.5 Å². The van der Waals surface area contributed by atoms with E-state index in [9.17, 15) is 0 Å². The highest BCUT2D eigenvalue weighted by molar-refractivity contribution is 6.30. The van der Waals surface area contributed by atoms with E-state index in [1.165, 1.54) is 0 Å². The van der Waals surface area contributed by atoms with Gasteiger partial charge in [-0.2, -0.15) is 0 Å². The quantitative estimate of drug-likeness (QED) is 0.392. The molecular formula is C4H4Cl. The molecule has 0 heterocycles. The van der Waals surface area contributed by atoms with E-state index < -0.39 is 0 Å². The van der Waals surface area contributed by atoms with Gasteiger partial charge in [0, 0.05) is 11.8 Å². The molecule has 0 aromatic rings. The minimum atomic E-state index is 0.601. The smallest absolute Gasteiger partial charge is 0.0102 e. The third kappa shape index (κ3) is 3.85. The van der Waals surface area contributed by atoms with Crippen LogP contribution in [0.1, 0.15) is 6.42 Å².